The van der Waals surface area contributed by atoms with Gasteiger partial charge in [0.1, 0.15) is 35.0 Å². The number of aromatic hydroxyl groups is 2. The van der Waals surface area contributed by atoms with E-state index in [2.05, 4.69) is 0 Å². The van der Waals surface area contributed by atoms with Crippen molar-refractivity contribution in [2.45, 2.75) is 45.6 Å². The highest BCUT2D eigenvalue weighted by molar-refractivity contribution is 5.95. The Morgan fingerprint density at radius 1 is 0.919 bits per heavy atom. The third-order valence-corrected chi connectivity index (χ3v) is 5.15. The van der Waals surface area contributed by atoms with Crippen LogP contribution >= 0.6 is 0 Å². The van der Waals surface area contributed by atoms with Crippen molar-refractivity contribution in [3.8, 4) is 28.4 Å². The summed E-state index contributed by atoms with van der Waals surface area (Å²) in [5, 5.41) is 29.5. The summed E-state index contributed by atoms with van der Waals surface area (Å²) in [4.78, 5) is 23.5. The SMILES string of the molecule is CC(C)(C)OC(=O)c1c(COc2ccc(-c3ccc(CC(=O)O)cc3O)cc2)ccc(C(F)(F)F)c1O. The Morgan fingerprint density at radius 2 is 1.57 bits per heavy atom. The fourth-order valence-corrected chi connectivity index (χ4v) is 3.54. The molecule has 0 unspecified atom stereocenters. The first-order valence-corrected chi connectivity index (χ1v) is 11.1. The second-order valence-corrected chi connectivity index (χ2v) is 9.23. The number of hydrogen-bond acceptors (Lipinski definition) is 6. The maximum atomic E-state index is 13.3. The molecule has 0 fully saturated rings. The summed E-state index contributed by atoms with van der Waals surface area (Å²) in [6, 6.07) is 12.6. The van der Waals surface area contributed by atoms with Crippen LogP contribution in [0.1, 0.15) is 47.8 Å². The van der Waals surface area contributed by atoms with Crippen LogP contribution in [0.3, 0.4) is 0 Å². The normalized spacial score (nSPS) is 11.7. The number of esters is 1. The molecular formula is C27H25F3O7. The van der Waals surface area contributed by atoms with Gasteiger partial charge >= 0.3 is 18.1 Å². The zero-order valence-electron chi connectivity index (χ0n) is 20.2. The summed E-state index contributed by atoms with van der Waals surface area (Å²) in [5.74, 6) is -3.17. The van der Waals surface area contributed by atoms with E-state index in [-0.39, 0.29) is 24.3 Å². The summed E-state index contributed by atoms with van der Waals surface area (Å²) in [6.07, 6.45) is -5.11. The number of carbonyl (C=O) groups is 2. The maximum absolute atomic E-state index is 13.3. The zero-order chi connectivity index (χ0) is 27.5. The molecule has 0 spiro atoms. The molecule has 37 heavy (non-hydrogen) atoms. The number of benzene rings is 3. The van der Waals surface area contributed by atoms with Crippen LogP contribution in [-0.4, -0.2) is 32.9 Å². The highest BCUT2D eigenvalue weighted by atomic mass is 19.4. The van der Waals surface area contributed by atoms with E-state index in [1.807, 2.05) is 0 Å². The number of carboxylic acid groups (broad SMARTS) is 1. The number of phenolic OH excluding ortho intramolecular Hbond substituents is 2. The van der Waals surface area contributed by atoms with Crippen molar-refractivity contribution in [1.29, 1.82) is 0 Å². The smallest absolute Gasteiger partial charge is 0.419 e. The Bertz CT molecular complexity index is 1310. The van der Waals surface area contributed by atoms with E-state index in [4.69, 9.17) is 14.6 Å². The summed E-state index contributed by atoms with van der Waals surface area (Å²) < 4.78 is 50.8. The van der Waals surface area contributed by atoms with Crippen LogP contribution in [0.5, 0.6) is 17.2 Å². The topological polar surface area (TPSA) is 113 Å². The average molecular weight is 518 g/mol. The van der Waals surface area contributed by atoms with E-state index >= 15 is 0 Å². The molecule has 0 saturated heterocycles. The number of carboxylic acids is 1. The number of ether oxygens (including phenoxy) is 2. The molecule has 7 nitrogen and oxygen atoms in total. The molecule has 10 heteroatoms. The van der Waals surface area contributed by atoms with E-state index in [1.54, 1.807) is 57.2 Å². The van der Waals surface area contributed by atoms with Gasteiger partial charge in [0.25, 0.3) is 0 Å². The molecule has 0 atom stereocenters. The standard InChI is InChI=1S/C27H25F3O7/c1-26(2,3)37-25(35)23-17(7-11-20(24(23)34)27(28,29)30)14-36-18-8-5-16(6-9-18)19-10-4-15(12-21(19)31)13-22(32)33/h4-12,31,34H,13-14H2,1-3H3,(H,32,33). The second kappa shape index (κ2) is 10.4. The third kappa shape index (κ3) is 6.93. The molecule has 0 aliphatic carbocycles. The van der Waals surface area contributed by atoms with Gasteiger partial charge in [0.2, 0.25) is 0 Å². The molecule has 3 aromatic carbocycles. The zero-order valence-corrected chi connectivity index (χ0v) is 20.2. The average Bonchev–Trinajstić information content (AvgIpc) is 2.75. The highest BCUT2D eigenvalue weighted by Crippen LogP contribution is 2.40. The number of alkyl halides is 3. The van der Waals surface area contributed by atoms with Gasteiger partial charge in [0, 0.05) is 11.1 Å². The second-order valence-electron chi connectivity index (χ2n) is 9.23. The molecule has 0 aliphatic heterocycles. The third-order valence-electron chi connectivity index (χ3n) is 5.15. The van der Waals surface area contributed by atoms with Crippen LogP contribution in [0.15, 0.2) is 54.6 Å². The lowest BCUT2D eigenvalue weighted by Crippen LogP contribution is -2.25. The monoisotopic (exact) mass is 518 g/mol. The van der Waals surface area contributed by atoms with Crippen LogP contribution in [0.25, 0.3) is 11.1 Å². The van der Waals surface area contributed by atoms with Crippen LogP contribution in [-0.2, 0) is 28.7 Å². The largest absolute Gasteiger partial charge is 0.507 e. The first kappa shape index (κ1) is 27.4. The van der Waals surface area contributed by atoms with Gasteiger partial charge in [-0.15, -0.1) is 0 Å². The minimum atomic E-state index is -4.88. The van der Waals surface area contributed by atoms with Crippen LogP contribution in [0, 0.1) is 0 Å². The van der Waals surface area contributed by atoms with Gasteiger partial charge in [-0.2, -0.15) is 13.2 Å². The van der Waals surface area contributed by atoms with Gasteiger partial charge in [-0.1, -0.05) is 30.3 Å². The molecular weight excluding hydrogens is 493 g/mol. The first-order valence-electron chi connectivity index (χ1n) is 11.1. The van der Waals surface area contributed by atoms with Gasteiger partial charge in [-0.3, -0.25) is 4.79 Å². The van der Waals surface area contributed by atoms with Crippen LogP contribution in [0.2, 0.25) is 0 Å². The highest BCUT2D eigenvalue weighted by Gasteiger charge is 2.37. The summed E-state index contributed by atoms with van der Waals surface area (Å²) in [6.45, 7) is 4.30. The molecule has 0 amide bonds. The summed E-state index contributed by atoms with van der Waals surface area (Å²) in [7, 11) is 0. The van der Waals surface area contributed by atoms with Crippen molar-refractivity contribution in [1.82, 2.24) is 0 Å². The lowest BCUT2D eigenvalue weighted by Gasteiger charge is -2.22. The molecule has 3 aromatic rings. The molecule has 0 saturated carbocycles. The van der Waals surface area contributed by atoms with Crippen molar-refractivity contribution in [2.24, 2.45) is 0 Å². The Kier molecular flexibility index (Phi) is 7.71. The number of carbonyl (C=O) groups excluding carboxylic acids is 1. The number of phenols is 2. The predicted octanol–water partition coefficient (Wildman–Crippen LogP) is 5.95. The molecule has 196 valence electrons. The fourth-order valence-electron chi connectivity index (χ4n) is 3.54. The van der Waals surface area contributed by atoms with E-state index in [1.165, 1.54) is 6.07 Å². The number of aliphatic carboxylic acids is 1. The quantitative estimate of drug-likeness (QED) is 0.332. The molecule has 0 heterocycles. The van der Waals surface area contributed by atoms with Crippen molar-refractivity contribution in [3.63, 3.8) is 0 Å². The minimum Gasteiger partial charge on any atom is -0.507 e. The van der Waals surface area contributed by atoms with Crippen molar-refractivity contribution in [3.05, 3.63) is 76.9 Å². The number of hydrogen-bond donors (Lipinski definition) is 3. The summed E-state index contributed by atoms with van der Waals surface area (Å²) >= 11 is 0. The van der Waals surface area contributed by atoms with Crippen LogP contribution in [0.4, 0.5) is 13.2 Å². The number of halogens is 3. The van der Waals surface area contributed by atoms with Crippen molar-refractivity contribution in [2.75, 3.05) is 0 Å². The summed E-state index contributed by atoms with van der Waals surface area (Å²) in [5.41, 5.74) is -1.51. The lowest BCUT2D eigenvalue weighted by molar-refractivity contribution is -0.139. The van der Waals surface area contributed by atoms with E-state index in [0.717, 1.165) is 6.07 Å². The Labute approximate surface area is 210 Å². The maximum Gasteiger partial charge on any atom is 0.419 e. The van der Waals surface area contributed by atoms with Gasteiger partial charge in [0.05, 0.1) is 12.0 Å². The van der Waals surface area contributed by atoms with E-state index in [0.29, 0.717) is 28.5 Å². The lowest BCUT2D eigenvalue weighted by atomic mass is 10.0. The van der Waals surface area contributed by atoms with E-state index < -0.39 is 40.6 Å². The van der Waals surface area contributed by atoms with Gasteiger partial charge in [-0.25, -0.2) is 4.79 Å². The van der Waals surface area contributed by atoms with Crippen LogP contribution < -0.4 is 4.74 Å². The van der Waals surface area contributed by atoms with Gasteiger partial charge < -0.3 is 24.8 Å². The molecule has 3 rings (SSSR count). The first-order chi connectivity index (χ1) is 17.2. The molecule has 3 N–H and O–H groups in total. The minimum absolute atomic E-state index is 0.00418. The van der Waals surface area contributed by atoms with Gasteiger partial charge in [-0.05, 0) is 56.2 Å². The van der Waals surface area contributed by atoms with Gasteiger partial charge in [0.15, 0.2) is 0 Å². The van der Waals surface area contributed by atoms with E-state index in [9.17, 15) is 33.0 Å². The molecule has 0 bridgehead atoms. The molecule has 0 aliphatic rings. The Balaban J connectivity index is 1.84. The van der Waals surface area contributed by atoms with Crippen molar-refractivity contribution < 1.29 is 47.6 Å². The molecule has 0 aromatic heterocycles. The fraction of sp³-hybridized carbons (Fsp3) is 0.259. The Morgan fingerprint density at radius 3 is 2.11 bits per heavy atom. The molecule has 0 radical (unpaired) electrons. The Hall–Kier alpha value is -4.21. The number of rotatable bonds is 7. The van der Waals surface area contributed by atoms with Crippen molar-refractivity contribution >= 4 is 11.9 Å². The predicted molar refractivity (Wildman–Crippen MR) is 127 cm³/mol.